The molecule has 334 valence electrons. The van der Waals surface area contributed by atoms with E-state index in [9.17, 15) is 41.9 Å². The van der Waals surface area contributed by atoms with Crippen molar-refractivity contribution in [3.8, 4) is 0 Å². The minimum atomic E-state index is -5.08. The molecule has 0 saturated carbocycles. The third kappa shape index (κ3) is 16.4. The fourth-order valence-electron chi connectivity index (χ4n) is 7.36. The first-order valence-corrected chi connectivity index (χ1v) is 20.2. The number of piperidine rings is 4. The number of ether oxygens (including phenoxy) is 1. The van der Waals surface area contributed by atoms with Crippen LogP contribution in [0.25, 0.3) is 0 Å². The number of hydrogen-bond donors (Lipinski definition) is 6. The Labute approximate surface area is 351 Å². The van der Waals surface area contributed by atoms with E-state index in [-0.39, 0.29) is 48.2 Å². The summed E-state index contributed by atoms with van der Waals surface area (Å²) in [6.07, 6.45) is 0.572. The van der Waals surface area contributed by atoms with Gasteiger partial charge in [-0.1, -0.05) is 24.3 Å². The topological polar surface area (TPSA) is 224 Å². The van der Waals surface area contributed by atoms with Crippen molar-refractivity contribution in [2.45, 2.75) is 108 Å². The van der Waals surface area contributed by atoms with Crippen molar-refractivity contribution >= 4 is 52.9 Å². The van der Waals surface area contributed by atoms with Gasteiger partial charge < -0.3 is 25.6 Å². The molecule has 0 aromatic heterocycles. The quantitative estimate of drug-likeness (QED) is 0.145. The zero-order valence-corrected chi connectivity index (χ0v) is 34.5. The Kier molecular flexibility index (Phi) is 17.2. The van der Waals surface area contributed by atoms with Crippen LogP contribution in [-0.4, -0.2) is 125 Å². The number of anilines is 2. The van der Waals surface area contributed by atoms with Crippen LogP contribution in [0.1, 0.15) is 95.1 Å². The van der Waals surface area contributed by atoms with Gasteiger partial charge in [0.1, 0.15) is 17.7 Å². The van der Waals surface area contributed by atoms with E-state index in [4.69, 9.17) is 19.7 Å². The highest BCUT2D eigenvalue weighted by Gasteiger charge is 2.38. The van der Waals surface area contributed by atoms with Gasteiger partial charge in [-0.15, -0.1) is 0 Å². The van der Waals surface area contributed by atoms with E-state index in [1.54, 1.807) is 0 Å². The van der Waals surface area contributed by atoms with E-state index in [0.717, 1.165) is 63.2 Å². The Balaban J connectivity index is 0.000000234. The number of aliphatic carboxylic acids is 2. The van der Waals surface area contributed by atoms with Crippen LogP contribution >= 0.6 is 0 Å². The molecule has 0 unspecified atom stereocenters. The first kappa shape index (κ1) is 48.1. The largest absolute Gasteiger partial charge is 0.490 e. The number of hydrogen-bond acceptors (Lipinski definition) is 12. The predicted octanol–water partition coefficient (Wildman–Crippen LogP) is 4.23. The average Bonchev–Trinajstić information content (AvgIpc) is 3.17. The van der Waals surface area contributed by atoms with Crippen molar-refractivity contribution in [1.29, 1.82) is 0 Å². The van der Waals surface area contributed by atoms with Crippen LogP contribution in [0.2, 0.25) is 0 Å². The first-order chi connectivity index (χ1) is 28.6. The maximum Gasteiger partial charge on any atom is 0.490 e. The summed E-state index contributed by atoms with van der Waals surface area (Å²) in [6, 6.07) is 15.5. The van der Waals surface area contributed by atoms with Gasteiger partial charge in [-0.2, -0.15) is 13.2 Å². The van der Waals surface area contributed by atoms with Crippen LogP contribution in [0, 0.1) is 0 Å². The van der Waals surface area contributed by atoms with Crippen molar-refractivity contribution in [1.82, 2.24) is 20.4 Å². The Hall–Kier alpha value is -5.56. The van der Waals surface area contributed by atoms with Crippen LogP contribution in [0.5, 0.6) is 0 Å². The van der Waals surface area contributed by atoms with E-state index in [1.165, 1.54) is 11.1 Å². The van der Waals surface area contributed by atoms with Crippen LogP contribution in [0.15, 0.2) is 48.5 Å². The predicted molar refractivity (Wildman–Crippen MR) is 216 cm³/mol. The molecule has 4 fully saturated rings. The number of carboxylic acids is 2. The number of nitrogens with one attached hydrogen (secondary N) is 4. The molecular weight excluding hydrogens is 805 g/mol. The summed E-state index contributed by atoms with van der Waals surface area (Å²) >= 11 is 0. The minimum absolute atomic E-state index is 0.113. The summed E-state index contributed by atoms with van der Waals surface area (Å²) in [5, 5.41) is 27.1. The van der Waals surface area contributed by atoms with Crippen LogP contribution in [0.4, 0.5) is 24.5 Å². The number of nitrogens with zero attached hydrogens (tertiary/aromatic N) is 2. The molecule has 61 heavy (non-hydrogen) atoms. The highest BCUT2D eigenvalue weighted by Crippen LogP contribution is 2.30. The number of likely N-dealkylation sites (tertiary alicyclic amines) is 2. The second-order valence-corrected chi connectivity index (χ2v) is 16.4. The molecule has 4 heterocycles. The first-order valence-electron chi connectivity index (χ1n) is 20.2. The summed E-state index contributed by atoms with van der Waals surface area (Å²) in [5.74, 6) is -3.75. The molecule has 0 aliphatic carbocycles. The van der Waals surface area contributed by atoms with Gasteiger partial charge in [-0.3, -0.25) is 49.2 Å². The lowest BCUT2D eigenvalue weighted by atomic mass is 9.89. The van der Waals surface area contributed by atoms with E-state index >= 15 is 0 Å². The normalized spacial score (nSPS) is 20.8. The number of carbonyl (C=O) groups excluding carboxylic acids is 5. The number of benzene rings is 2. The van der Waals surface area contributed by atoms with E-state index in [0.29, 0.717) is 44.1 Å². The fourth-order valence-corrected chi connectivity index (χ4v) is 7.36. The van der Waals surface area contributed by atoms with Gasteiger partial charge in [0.25, 0.3) is 0 Å². The molecule has 4 saturated heterocycles. The van der Waals surface area contributed by atoms with Gasteiger partial charge in [0.05, 0.1) is 13.1 Å². The SMILES string of the molecule is CC(C)(C)OC(=O)CN1CCC(c2ccc(N[C@@H]3CCC(=O)NC3=O)cc2)CC1.O=C(O)C(F)(F)F.O=C(O)CN1CCC(c2ccc(N[C@@H]3CCC(=O)NC3=O)cc2)CC1. The number of alkyl halides is 3. The molecule has 4 amide bonds. The lowest BCUT2D eigenvalue weighted by molar-refractivity contribution is -0.192. The second-order valence-electron chi connectivity index (χ2n) is 16.4. The Morgan fingerprint density at radius 1 is 0.656 bits per heavy atom. The lowest BCUT2D eigenvalue weighted by Gasteiger charge is -2.32. The van der Waals surface area contributed by atoms with E-state index in [1.807, 2.05) is 49.9 Å². The molecule has 6 N–H and O–H groups in total. The van der Waals surface area contributed by atoms with Crippen molar-refractivity contribution in [2.75, 3.05) is 49.9 Å². The molecule has 0 bridgehead atoms. The molecule has 4 aliphatic rings. The number of amides is 4. The van der Waals surface area contributed by atoms with Crippen molar-refractivity contribution < 1.29 is 61.7 Å². The van der Waals surface area contributed by atoms with Crippen LogP contribution in [0.3, 0.4) is 0 Å². The summed E-state index contributed by atoms with van der Waals surface area (Å²) in [4.78, 5) is 81.9. The number of carbonyl (C=O) groups is 7. The average molecular weight is 861 g/mol. The maximum absolute atomic E-state index is 12.0. The molecule has 2 aromatic carbocycles. The third-order valence-electron chi connectivity index (χ3n) is 10.5. The molecule has 4 aliphatic heterocycles. The van der Waals surface area contributed by atoms with E-state index in [2.05, 4.69) is 50.4 Å². The highest BCUT2D eigenvalue weighted by molar-refractivity contribution is 6.02. The maximum atomic E-state index is 12.0. The molecule has 6 rings (SSSR count). The number of rotatable bonds is 10. The summed E-state index contributed by atoms with van der Waals surface area (Å²) in [6.45, 7) is 9.46. The second kappa shape index (κ2) is 21.8. The van der Waals surface area contributed by atoms with Gasteiger partial charge in [-0.25, -0.2) is 4.79 Å². The number of carboxylic acid groups (broad SMARTS) is 2. The Morgan fingerprint density at radius 3 is 1.33 bits per heavy atom. The number of esters is 1. The van der Waals surface area contributed by atoms with Gasteiger partial charge in [0.2, 0.25) is 23.6 Å². The molecule has 16 nitrogen and oxygen atoms in total. The standard InChI is InChI=1S/C22H31N3O4.C18H23N3O4.C2HF3O2/c1-22(2,3)29-20(27)14-25-12-10-16(11-13-25)15-4-6-17(7-5-15)23-18-8-9-19(26)24-21(18)28;22-16-6-5-15(18(25)20-16)19-14-3-1-12(2-4-14)13-7-9-21(10-8-13)11-17(23)24;3-2(4,5)1(6)7/h4-7,16,18,23H,8-14H2,1-3H3,(H,24,26,28);1-4,13,15,19H,5-11H2,(H,23,24)(H,20,22,25);(H,6,7)/t18-;15-;/m11./s1. The number of imide groups is 2. The van der Waals surface area contributed by atoms with Crippen molar-refractivity contribution in [3.63, 3.8) is 0 Å². The minimum Gasteiger partial charge on any atom is -0.480 e. The molecule has 0 spiro atoms. The van der Waals surface area contributed by atoms with Gasteiger partial charge in [0, 0.05) is 24.2 Å². The van der Waals surface area contributed by atoms with Crippen molar-refractivity contribution in [2.24, 2.45) is 0 Å². The summed E-state index contributed by atoms with van der Waals surface area (Å²) in [5.41, 5.74) is 3.81. The fraction of sp³-hybridized carbons (Fsp3) is 0.548. The molecule has 2 atom stereocenters. The molecule has 0 radical (unpaired) electrons. The summed E-state index contributed by atoms with van der Waals surface area (Å²) in [7, 11) is 0. The van der Waals surface area contributed by atoms with Crippen LogP contribution in [-0.2, 0) is 38.3 Å². The number of halogens is 3. The highest BCUT2D eigenvalue weighted by atomic mass is 19.4. The monoisotopic (exact) mass is 860 g/mol. The third-order valence-corrected chi connectivity index (χ3v) is 10.5. The smallest absolute Gasteiger partial charge is 0.480 e. The van der Waals surface area contributed by atoms with Gasteiger partial charge in [-0.05, 0) is 133 Å². The molecule has 19 heteroatoms. The van der Waals surface area contributed by atoms with Crippen LogP contribution < -0.4 is 21.3 Å². The lowest BCUT2D eigenvalue weighted by Crippen LogP contribution is -2.47. The Morgan fingerprint density at radius 2 is 1.02 bits per heavy atom. The Bertz CT molecular complexity index is 1850. The zero-order valence-electron chi connectivity index (χ0n) is 34.5. The van der Waals surface area contributed by atoms with Crippen molar-refractivity contribution in [3.05, 3.63) is 59.7 Å². The molecule has 2 aromatic rings. The van der Waals surface area contributed by atoms with E-state index < -0.39 is 23.7 Å². The zero-order chi connectivity index (χ0) is 44.9. The summed E-state index contributed by atoms with van der Waals surface area (Å²) < 4.78 is 37.1. The molecular formula is C42H55F3N6O10. The van der Waals surface area contributed by atoms with Gasteiger partial charge in [0.15, 0.2) is 0 Å². The van der Waals surface area contributed by atoms with Gasteiger partial charge >= 0.3 is 24.1 Å².